The molecule has 3 heteroatoms. The molecule has 0 aliphatic heterocycles. The number of unbranched alkanes of at least 4 members (excludes halogenated alkanes) is 1. The Labute approximate surface area is 115 Å². The lowest BCUT2D eigenvalue weighted by Gasteiger charge is -2.03. The molecule has 0 aliphatic carbocycles. The summed E-state index contributed by atoms with van der Waals surface area (Å²) in [5, 5.41) is 7.92. The number of rotatable bonds is 7. The maximum Gasteiger partial charge on any atom is 0.329 e. The molecule has 1 aromatic carbocycles. The van der Waals surface area contributed by atoms with Crippen LogP contribution in [0.2, 0.25) is 0 Å². The van der Waals surface area contributed by atoms with Gasteiger partial charge in [0.15, 0.2) is 0 Å². The molecule has 0 aliphatic rings. The van der Waals surface area contributed by atoms with E-state index in [9.17, 15) is 4.79 Å². The molecule has 0 spiro atoms. The van der Waals surface area contributed by atoms with Crippen LogP contribution in [0.3, 0.4) is 0 Å². The van der Waals surface area contributed by atoms with E-state index >= 15 is 0 Å². The van der Waals surface area contributed by atoms with Crippen LogP contribution in [0.5, 0.6) is 0 Å². The highest BCUT2D eigenvalue weighted by Gasteiger charge is 1.95. The summed E-state index contributed by atoms with van der Waals surface area (Å²) in [7, 11) is 0. The number of aryl methyl sites for hydroxylation is 1. The molecule has 1 aromatic rings. The molecule has 0 bridgehead atoms. The Morgan fingerprint density at radius 1 is 1.37 bits per heavy atom. The number of carbonyl (C=O) groups is 1. The first kappa shape index (κ1) is 17.4. The van der Waals surface area contributed by atoms with Gasteiger partial charge in [-0.05, 0) is 30.9 Å². The number of hydrogen-bond donors (Lipinski definition) is 1. The molecule has 1 rings (SSSR count). The van der Waals surface area contributed by atoms with Crippen molar-refractivity contribution in [3.05, 3.63) is 42.0 Å². The van der Waals surface area contributed by atoms with Crippen molar-refractivity contribution >= 4 is 12.0 Å². The average molecular weight is 264 g/mol. The van der Waals surface area contributed by atoms with Gasteiger partial charge in [0, 0.05) is 6.61 Å². The fraction of sp³-hybridized carbons (Fsp3) is 0.438. The van der Waals surface area contributed by atoms with Crippen LogP contribution in [0.1, 0.15) is 37.8 Å². The van der Waals surface area contributed by atoms with E-state index < -0.39 is 5.97 Å². The third-order valence-corrected chi connectivity index (χ3v) is 2.50. The minimum atomic E-state index is -0.915. The van der Waals surface area contributed by atoms with Gasteiger partial charge in [-0.25, -0.2) is 4.79 Å². The first-order chi connectivity index (χ1) is 9.15. The molecule has 19 heavy (non-hydrogen) atoms. The number of aliphatic carboxylic acids is 1. The third kappa shape index (κ3) is 9.03. The van der Waals surface area contributed by atoms with Crippen molar-refractivity contribution in [2.45, 2.75) is 33.1 Å². The van der Waals surface area contributed by atoms with Crippen LogP contribution in [0.4, 0.5) is 0 Å². The van der Waals surface area contributed by atoms with Crippen molar-refractivity contribution < 1.29 is 14.6 Å². The number of benzene rings is 1. The normalized spacial score (nSPS) is 9.37. The summed E-state index contributed by atoms with van der Waals surface area (Å²) in [5.74, 6) is -0.915. The van der Waals surface area contributed by atoms with E-state index in [1.54, 1.807) is 6.92 Å². The number of ether oxygens (including phenoxy) is 1. The molecule has 0 heterocycles. The molecular weight excluding hydrogens is 240 g/mol. The summed E-state index contributed by atoms with van der Waals surface area (Å²) in [4.78, 5) is 9.63. The van der Waals surface area contributed by atoms with Gasteiger partial charge in [-0.2, -0.15) is 0 Å². The van der Waals surface area contributed by atoms with Gasteiger partial charge in [-0.15, -0.1) is 0 Å². The zero-order valence-electron chi connectivity index (χ0n) is 11.9. The first-order valence-corrected chi connectivity index (χ1v) is 6.65. The monoisotopic (exact) mass is 264 g/mol. The van der Waals surface area contributed by atoms with Crippen LogP contribution in [-0.2, 0) is 16.0 Å². The van der Waals surface area contributed by atoms with Gasteiger partial charge in [0.05, 0.1) is 0 Å². The highest BCUT2D eigenvalue weighted by atomic mass is 16.5. The number of carboxylic acids is 1. The quantitative estimate of drug-likeness (QED) is 0.815. The predicted octanol–water partition coefficient (Wildman–Crippen LogP) is 3.78. The Hall–Kier alpha value is -1.61. The van der Waals surface area contributed by atoms with Crippen molar-refractivity contribution in [2.24, 2.45) is 0 Å². The topological polar surface area (TPSA) is 46.5 Å². The van der Waals surface area contributed by atoms with Crippen LogP contribution in [0, 0.1) is 0 Å². The average Bonchev–Trinajstić information content (AvgIpc) is 2.43. The predicted molar refractivity (Wildman–Crippen MR) is 79.3 cm³/mol. The van der Waals surface area contributed by atoms with Crippen LogP contribution >= 0.6 is 0 Å². The Morgan fingerprint density at radius 3 is 2.53 bits per heavy atom. The van der Waals surface area contributed by atoms with Gasteiger partial charge < -0.3 is 9.84 Å². The van der Waals surface area contributed by atoms with Crippen LogP contribution in [-0.4, -0.2) is 24.3 Å². The number of carboxylic acid groups (broad SMARTS) is 1. The van der Waals surface area contributed by atoms with E-state index in [2.05, 4.69) is 42.5 Å². The van der Waals surface area contributed by atoms with Gasteiger partial charge >= 0.3 is 5.97 Å². The smallest absolute Gasteiger partial charge is 0.329 e. The molecule has 3 nitrogen and oxygen atoms in total. The lowest BCUT2D eigenvalue weighted by atomic mass is 10.0. The first-order valence-electron chi connectivity index (χ1n) is 6.65. The summed E-state index contributed by atoms with van der Waals surface area (Å²) in [6.45, 7) is 8.05. The van der Waals surface area contributed by atoms with E-state index in [-0.39, 0.29) is 6.61 Å². The molecule has 0 atom stereocenters. The zero-order chi connectivity index (χ0) is 14.5. The van der Waals surface area contributed by atoms with Gasteiger partial charge in [0.2, 0.25) is 0 Å². The summed E-state index contributed by atoms with van der Waals surface area (Å²) < 4.78 is 4.50. The van der Waals surface area contributed by atoms with Crippen LogP contribution < -0.4 is 0 Å². The Bertz CT molecular complexity index is 372. The lowest BCUT2D eigenvalue weighted by molar-refractivity contribution is -0.142. The highest BCUT2D eigenvalue weighted by Crippen LogP contribution is 2.12. The van der Waals surface area contributed by atoms with E-state index in [0.717, 1.165) is 0 Å². The fourth-order valence-electron chi connectivity index (χ4n) is 1.52. The standard InChI is InChI=1S/C12H16.C4H8O3/c1-3-5-8-12-10-7-6-9-11(12)4-2;1-2-7-3-4(5)6/h4,6-7,9-10H,2-3,5,8H2,1H3;2-3H2,1H3,(H,5,6). The summed E-state index contributed by atoms with van der Waals surface area (Å²) in [6.07, 6.45) is 5.64. The van der Waals surface area contributed by atoms with Crippen molar-refractivity contribution in [1.82, 2.24) is 0 Å². The Kier molecular flexibility index (Phi) is 10.5. The second kappa shape index (κ2) is 11.5. The molecule has 0 fully saturated rings. The minimum Gasteiger partial charge on any atom is -0.480 e. The molecule has 0 unspecified atom stereocenters. The molecule has 0 radical (unpaired) electrons. The van der Waals surface area contributed by atoms with Crippen LogP contribution in [0.15, 0.2) is 30.8 Å². The zero-order valence-corrected chi connectivity index (χ0v) is 11.9. The summed E-state index contributed by atoms with van der Waals surface area (Å²) in [6, 6.07) is 8.47. The van der Waals surface area contributed by atoms with Crippen molar-refractivity contribution in [1.29, 1.82) is 0 Å². The van der Waals surface area contributed by atoms with Gasteiger partial charge in [0.25, 0.3) is 0 Å². The maximum absolute atomic E-state index is 9.63. The molecule has 0 aromatic heterocycles. The van der Waals surface area contributed by atoms with Gasteiger partial charge in [-0.3, -0.25) is 0 Å². The SMILES string of the molecule is C=Cc1ccccc1CCCC.CCOCC(=O)O. The van der Waals surface area contributed by atoms with Gasteiger partial charge in [0.1, 0.15) is 6.61 Å². The van der Waals surface area contributed by atoms with Crippen molar-refractivity contribution in [2.75, 3.05) is 13.2 Å². The second-order valence-electron chi connectivity index (χ2n) is 4.04. The second-order valence-corrected chi connectivity index (χ2v) is 4.04. The third-order valence-electron chi connectivity index (χ3n) is 2.50. The molecule has 0 saturated heterocycles. The van der Waals surface area contributed by atoms with Crippen molar-refractivity contribution in [3.8, 4) is 0 Å². The summed E-state index contributed by atoms with van der Waals surface area (Å²) >= 11 is 0. The van der Waals surface area contributed by atoms with E-state index in [4.69, 9.17) is 5.11 Å². The maximum atomic E-state index is 9.63. The minimum absolute atomic E-state index is 0.184. The molecule has 0 amide bonds. The lowest BCUT2D eigenvalue weighted by Crippen LogP contribution is -2.05. The number of hydrogen-bond acceptors (Lipinski definition) is 2. The van der Waals surface area contributed by atoms with Crippen LogP contribution in [0.25, 0.3) is 6.08 Å². The van der Waals surface area contributed by atoms with Gasteiger partial charge in [-0.1, -0.05) is 50.3 Å². The molecular formula is C16H24O3. The molecule has 0 saturated carbocycles. The fourth-order valence-corrected chi connectivity index (χ4v) is 1.52. The van der Waals surface area contributed by atoms with Crippen molar-refractivity contribution in [3.63, 3.8) is 0 Å². The summed E-state index contributed by atoms with van der Waals surface area (Å²) in [5.41, 5.74) is 2.71. The Morgan fingerprint density at radius 2 is 2.05 bits per heavy atom. The Balaban J connectivity index is 0.000000399. The van der Waals surface area contributed by atoms with E-state index in [1.165, 1.54) is 30.4 Å². The molecule has 1 N–H and O–H groups in total. The largest absolute Gasteiger partial charge is 0.480 e. The van der Waals surface area contributed by atoms with E-state index in [1.807, 2.05) is 6.08 Å². The molecule has 106 valence electrons. The highest BCUT2D eigenvalue weighted by molar-refractivity contribution is 5.67. The van der Waals surface area contributed by atoms with E-state index in [0.29, 0.717) is 6.61 Å².